The van der Waals surface area contributed by atoms with Crippen molar-refractivity contribution in [2.75, 3.05) is 32.1 Å². The number of carbonyl (C=O) groups excluding carboxylic acids is 4. The minimum atomic E-state index is -4.29. The highest BCUT2D eigenvalue weighted by atomic mass is 31.3. The third kappa shape index (κ3) is 14.3. The Kier molecular flexibility index (Phi) is 17.7. The first-order chi connectivity index (χ1) is 26.2. The van der Waals surface area contributed by atoms with E-state index in [1.165, 1.54) is 9.80 Å². The second kappa shape index (κ2) is 21.7. The molecule has 4 rings (SSSR count). The van der Waals surface area contributed by atoms with Crippen LogP contribution in [0.4, 0.5) is 0 Å². The summed E-state index contributed by atoms with van der Waals surface area (Å²) in [6.07, 6.45) is 14.6. The van der Waals surface area contributed by atoms with Gasteiger partial charge >= 0.3 is 22.8 Å². The zero-order valence-electron chi connectivity index (χ0n) is 32.0. The van der Waals surface area contributed by atoms with Crippen LogP contribution in [0, 0.1) is 0 Å². The van der Waals surface area contributed by atoms with Crippen LogP contribution in [-0.2, 0) is 22.3 Å². The Morgan fingerprint density at radius 1 is 0.436 bits per heavy atom. The Balaban J connectivity index is 0.945. The minimum Gasteiger partial charge on any atom is -0.324 e. The van der Waals surface area contributed by atoms with E-state index in [1.54, 1.807) is 48.5 Å². The Hall–Kier alpha value is -2.75. The number of hydrogen-bond donors (Lipinski definition) is 2. The second-order valence-electron chi connectivity index (χ2n) is 14.6. The zero-order valence-corrected chi connectivity index (χ0v) is 34.7. The lowest BCUT2D eigenvalue weighted by atomic mass is 10.1. The second-order valence-corrected chi connectivity index (χ2v) is 20.9. The highest BCUT2D eigenvalue weighted by Gasteiger charge is 2.37. The van der Waals surface area contributed by atoms with Gasteiger partial charge in [-0.05, 0) is 49.9 Å². The van der Waals surface area contributed by atoms with Crippen molar-refractivity contribution in [1.29, 1.82) is 0 Å². The van der Waals surface area contributed by atoms with Crippen LogP contribution in [0.5, 0.6) is 0 Å². The maximum Gasteiger partial charge on any atom is 0.341 e. The topological polar surface area (TPSA) is 185 Å². The van der Waals surface area contributed by atoms with Gasteiger partial charge in [0.15, 0.2) is 0 Å². The van der Waals surface area contributed by atoms with Crippen molar-refractivity contribution in [3.63, 3.8) is 0 Å². The number of fused-ring (bicyclic) bond motifs is 2. The average Bonchev–Trinajstić information content (AvgIpc) is 3.52. The maximum atomic E-state index is 12.7. The first-order valence-corrected chi connectivity index (χ1v) is 25.3. The van der Waals surface area contributed by atoms with Gasteiger partial charge in [0.05, 0.1) is 34.6 Å². The molecule has 0 bridgehead atoms. The van der Waals surface area contributed by atoms with E-state index in [0.717, 1.165) is 96.6 Å². The molecule has 0 radical (unpaired) electrons. The van der Waals surface area contributed by atoms with Crippen molar-refractivity contribution in [1.82, 2.24) is 9.80 Å². The number of carbonyl (C=O) groups is 4. The minimum absolute atomic E-state index is 0.224. The molecule has 304 valence electrons. The molecule has 2 heterocycles. The normalized spacial score (nSPS) is 17.3. The summed E-state index contributed by atoms with van der Waals surface area (Å²) >= 11 is 0. The Labute approximate surface area is 325 Å². The number of rotatable bonds is 28. The van der Waals surface area contributed by atoms with Crippen molar-refractivity contribution in [2.45, 2.75) is 116 Å². The quantitative estimate of drug-likeness (QED) is 0.0473. The predicted octanol–water partition coefficient (Wildman–Crippen LogP) is 9.83. The SMILES string of the molecule is CP(=O)(OP(=O)(O)CCCCCCCCCCCN1C(=O)c2ccccc2C1=O)OP(=O)(O)CCCCCCCCCCCN1C(=O)c2ccccc2C1=O. The molecule has 2 aromatic rings. The lowest BCUT2D eigenvalue weighted by Gasteiger charge is -2.20. The number of unbranched alkanes of at least 4 members (excludes halogenated alkanes) is 16. The van der Waals surface area contributed by atoms with Gasteiger partial charge in [0.1, 0.15) is 0 Å². The molecule has 2 aromatic carbocycles. The van der Waals surface area contributed by atoms with E-state index in [0.29, 0.717) is 61.0 Å². The van der Waals surface area contributed by atoms with E-state index in [9.17, 15) is 42.7 Å². The van der Waals surface area contributed by atoms with E-state index >= 15 is 0 Å². The lowest BCUT2D eigenvalue weighted by Crippen LogP contribution is -2.30. The summed E-state index contributed by atoms with van der Waals surface area (Å²) in [6.45, 7) is 1.78. The lowest BCUT2D eigenvalue weighted by molar-refractivity contribution is 0.0636. The molecular weight excluding hydrogens is 765 g/mol. The van der Waals surface area contributed by atoms with Crippen LogP contribution >= 0.6 is 22.8 Å². The fourth-order valence-electron chi connectivity index (χ4n) is 7.08. The molecule has 0 spiro atoms. The Morgan fingerprint density at radius 2 is 0.673 bits per heavy atom. The third-order valence-corrected chi connectivity index (χ3v) is 16.1. The smallest absolute Gasteiger partial charge is 0.324 e. The van der Waals surface area contributed by atoms with Crippen LogP contribution in [-0.4, -0.2) is 75.3 Å². The molecule has 13 nitrogen and oxygen atoms in total. The van der Waals surface area contributed by atoms with Gasteiger partial charge < -0.3 is 9.79 Å². The molecule has 0 aliphatic carbocycles. The number of hydrogen-bond acceptors (Lipinski definition) is 9. The predicted molar refractivity (Wildman–Crippen MR) is 212 cm³/mol. The van der Waals surface area contributed by atoms with Gasteiger partial charge in [-0.25, -0.2) is 8.62 Å². The zero-order chi connectivity index (χ0) is 39.9. The molecule has 2 aliphatic rings. The van der Waals surface area contributed by atoms with Gasteiger partial charge in [-0.2, -0.15) is 0 Å². The summed E-state index contributed by atoms with van der Waals surface area (Å²) in [5, 5.41) is 0. The molecular formula is C39H57N2O11P3. The molecule has 16 heteroatoms. The van der Waals surface area contributed by atoms with Crippen LogP contribution in [0.3, 0.4) is 0 Å². The van der Waals surface area contributed by atoms with Crippen molar-refractivity contribution < 1.29 is 51.3 Å². The fourth-order valence-corrected chi connectivity index (χ4v) is 13.1. The molecule has 2 N–H and O–H groups in total. The van der Waals surface area contributed by atoms with Gasteiger partial charge in [-0.15, -0.1) is 0 Å². The van der Waals surface area contributed by atoms with Gasteiger partial charge in [-0.1, -0.05) is 114 Å². The number of imide groups is 2. The molecule has 0 aromatic heterocycles. The van der Waals surface area contributed by atoms with Gasteiger partial charge in [0.25, 0.3) is 23.6 Å². The largest absolute Gasteiger partial charge is 0.341 e. The molecule has 2 unspecified atom stereocenters. The molecule has 0 saturated heterocycles. The van der Waals surface area contributed by atoms with E-state index in [-0.39, 0.29) is 36.0 Å². The number of benzene rings is 2. The first-order valence-electron chi connectivity index (χ1n) is 19.8. The summed E-state index contributed by atoms with van der Waals surface area (Å²) in [4.78, 5) is 72.9. The van der Waals surface area contributed by atoms with Crippen LogP contribution in [0.15, 0.2) is 48.5 Å². The molecule has 55 heavy (non-hydrogen) atoms. The molecule has 2 atom stereocenters. The van der Waals surface area contributed by atoms with Crippen LogP contribution in [0.2, 0.25) is 0 Å². The summed E-state index contributed by atoms with van der Waals surface area (Å²) in [5.74, 6) is -0.896. The van der Waals surface area contributed by atoms with Crippen molar-refractivity contribution in [3.05, 3.63) is 70.8 Å². The summed E-state index contributed by atoms with van der Waals surface area (Å²) < 4.78 is 47.7. The summed E-state index contributed by atoms with van der Waals surface area (Å²) in [5.41, 5.74) is 1.88. The van der Waals surface area contributed by atoms with E-state index in [2.05, 4.69) is 0 Å². The number of amides is 4. The van der Waals surface area contributed by atoms with E-state index in [1.807, 2.05) is 0 Å². The Bertz CT molecular complexity index is 1590. The summed E-state index contributed by atoms with van der Waals surface area (Å²) in [7, 11) is -12.8. The van der Waals surface area contributed by atoms with Crippen molar-refractivity contribution in [3.8, 4) is 0 Å². The van der Waals surface area contributed by atoms with E-state index < -0.39 is 22.8 Å². The van der Waals surface area contributed by atoms with Gasteiger partial charge in [0, 0.05) is 19.8 Å². The Morgan fingerprint density at radius 3 is 0.945 bits per heavy atom. The molecule has 0 fully saturated rings. The fraction of sp³-hybridized carbons (Fsp3) is 0.590. The van der Waals surface area contributed by atoms with Gasteiger partial charge in [0.2, 0.25) is 0 Å². The first kappa shape index (κ1) is 45.0. The van der Waals surface area contributed by atoms with Crippen LogP contribution < -0.4 is 0 Å². The monoisotopic (exact) mass is 822 g/mol. The van der Waals surface area contributed by atoms with Crippen molar-refractivity contribution >= 4 is 46.4 Å². The molecule has 2 aliphatic heterocycles. The third-order valence-electron chi connectivity index (χ3n) is 9.95. The highest BCUT2D eigenvalue weighted by Crippen LogP contribution is 2.67. The molecule has 0 saturated carbocycles. The maximum absolute atomic E-state index is 12.7. The average molecular weight is 823 g/mol. The van der Waals surface area contributed by atoms with E-state index in [4.69, 9.17) is 8.62 Å². The van der Waals surface area contributed by atoms with Gasteiger partial charge in [-0.3, -0.25) is 42.7 Å². The number of nitrogens with zero attached hydrogens (tertiary/aromatic N) is 2. The highest BCUT2D eigenvalue weighted by molar-refractivity contribution is 7.71. The molecule has 4 amide bonds. The summed E-state index contributed by atoms with van der Waals surface area (Å²) in [6, 6.07) is 13.8. The van der Waals surface area contributed by atoms with Crippen LogP contribution in [0.25, 0.3) is 0 Å². The van der Waals surface area contributed by atoms with Crippen molar-refractivity contribution in [2.24, 2.45) is 0 Å². The standard InChI is InChI=1S/C39H57N2O11P3/c1-53(46,51-54(47,48)30-22-14-10-6-2-4-8-12-20-28-40-36(42)32-24-16-17-25-33(32)37(40)43)52-55(49,50)31-23-15-11-7-3-5-9-13-21-29-41-38(44)34-26-18-19-27-35(34)39(41)45/h16-19,24-27H,2-15,20-23,28-31H2,1H3,(H,47,48)(H,49,50). The van der Waals surface area contributed by atoms with Crippen LogP contribution in [0.1, 0.15) is 157 Å².